The summed E-state index contributed by atoms with van der Waals surface area (Å²) < 4.78 is 1.53. The Hall–Kier alpha value is -8.92. The molecule has 8 rings (SSSR count). The molecule has 60 heavy (non-hydrogen) atoms. The van der Waals surface area contributed by atoms with Crippen molar-refractivity contribution in [2.75, 3.05) is 0 Å². The van der Waals surface area contributed by atoms with Crippen molar-refractivity contribution < 1.29 is 59.4 Å². The second-order valence-corrected chi connectivity index (χ2v) is 13.3. The van der Waals surface area contributed by atoms with Crippen LogP contribution in [0.1, 0.15) is 64.2 Å². The molecule has 16 nitrogen and oxygen atoms in total. The molecule has 0 atom stereocenters. The summed E-state index contributed by atoms with van der Waals surface area (Å²) in [7, 11) is 0. The van der Waals surface area contributed by atoms with Gasteiger partial charge >= 0.3 is 35.8 Å². The van der Waals surface area contributed by atoms with Crippen LogP contribution in [0.2, 0.25) is 0 Å². The lowest BCUT2D eigenvalue weighted by molar-refractivity contribution is -0.132. The van der Waals surface area contributed by atoms with Crippen LogP contribution in [-0.4, -0.2) is 86.0 Å². The van der Waals surface area contributed by atoms with Gasteiger partial charge in [-0.15, -0.1) is 0 Å². The Balaban J connectivity index is 1.82. The number of benzene rings is 3. The molecule has 6 aromatic rings. The molecule has 0 radical (unpaired) electrons. The number of carboxylic acids is 6. The summed E-state index contributed by atoms with van der Waals surface area (Å²) in [5.41, 5.74) is -7.90. The molecule has 3 aromatic heterocycles. The fourth-order valence-corrected chi connectivity index (χ4v) is 7.57. The van der Waals surface area contributed by atoms with Gasteiger partial charge in [0.1, 0.15) is 27.8 Å². The molecule has 0 spiro atoms. The van der Waals surface area contributed by atoms with Crippen LogP contribution in [0.15, 0.2) is 103 Å². The minimum absolute atomic E-state index is 0.0749. The van der Waals surface area contributed by atoms with Gasteiger partial charge in [0.25, 0.3) is 0 Å². The lowest BCUT2D eigenvalue weighted by Crippen LogP contribution is -2.12. The predicted molar refractivity (Wildman–Crippen MR) is 216 cm³/mol. The zero-order valence-corrected chi connectivity index (χ0v) is 30.4. The van der Waals surface area contributed by atoms with Gasteiger partial charge in [0.15, 0.2) is 0 Å². The van der Waals surface area contributed by atoms with Crippen LogP contribution in [-0.2, 0) is 9.59 Å². The molecule has 0 saturated heterocycles. The van der Waals surface area contributed by atoms with Crippen LogP contribution < -0.4 is 0 Å². The summed E-state index contributed by atoms with van der Waals surface area (Å²) >= 11 is 0. The molecule has 294 valence electrons. The van der Waals surface area contributed by atoms with E-state index in [2.05, 4.69) is 15.0 Å². The first-order chi connectivity index (χ1) is 28.8. The smallest absolute Gasteiger partial charge is 0.340 e. The molecule has 0 unspecified atom stereocenters. The van der Waals surface area contributed by atoms with Crippen molar-refractivity contribution in [1.29, 1.82) is 0 Å². The molecule has 3 aromatic carbocycles. The van der Waals surface area contributed by atoms with Crippen molar-refractivity contribution >= 4 is 81.2 Å². The van der Waals surface area contributed by atoms with Crippen molar-refractivity contribution in [3.63, 3.8) is 0 Å². The van der Waals surface area contributed by atoms with Gasteiger partial charge in [-0.05, 0) is 47.5 Å². The van der Waals surface area contributed by atoms with Crippen LogP contribution >= 0.6 is 0 Å². The van der Waals surface area contributed by atoms with E-state index in [1.807, 2.05) is 0 Å². The zero-order chi connectivity index (χ0) is 42.6. The average Bonchev–Trinajstić information content (AvgIpc) is 3.99. The minimum atomic E-state index is -2.06. The predicted octanol–water partition coefficient (Wildman–Crippen LogP) is 7.15. The van der Waals surface area contributed by atoms with Gasteiger partial charge in [0.2, 0.25) is 0 Å². The fourth-order valence-electron chi connectivity index (χ4n) is 7.57. The molecular formula is C44H26N4O12. The first-order valence-corrected chi connectivity index (χ1v) is 17.7. The van der Waals surface area contributed by atoms with E-state index in [9.17, 15) is 59.4 Å². The third kappa shape index (κ3) is 6.13. The number of nitrogens with zero attached hydrogens (tertiary/aromatic N) is 3. The summed E-state index contributed by atoms with van der Waals surface area (Å²) in [6.45, 7) is 0. The molecule has 0 aliphatic carbocycles. The molecule has 0 fully saturated rings. The van der Waals surface area contributed by atoms with Gasteiger partial charge in [0, 0.05) is 16.8 Å². The number of nitrogens with one attached hydrogen (secondary N) is 1. The Morgan fingerprint density at radius 1 is 0.483 bits per heavy atom. The zero-order valence-electron chi connectivity index (χ0n) is 30.4. The Bertz CT molecular complexity index is 3150. The number of fused-ring (bicyclic) bond motifs is 8. The number of H-pyrrole nitrogens is 1. The van der Waals surface area contributed by atoms with Gasteiger partial charge in [0.05, 0.1) is 50.4 Å². The molecule has 2 aliphatic heterocycles. The molecule has 7 N–H and O–H groups in total. The Morgan fingerprint density at radius 3 is 1.45 bits per heavy atom. The molecule has 16 heteroatoms. The number of para-hydroxylation sites is 1. The highest BCUT2D eigenvalue weighted by Gasteiger charge is 2.40. The number of hydrogen-bond donors (Lipinski definition) is 7. The van der Waals surface area contributed by atoms with E-state index in [1.54, 1.807) is 103 Å². The highest BCUT2D eigenvalue weighted by Crippen LogP contribution is 2.46. The summed E-state index contributed by atoms with van der Waals surface area (Å²) in [6.07, 6.45) is 3.05. The third-order valence-electron chi connectivity index (χ3n) is 9.83. The lowest BCUT2D eigenvalue weighted by Gasteiger charge is -2.11. The van der Waals surface area contributed by atoms with Crippen LogP contribution in [0, 0.1) is 0 Å². The molecule has 5 heterocycles. The van der Waals surface area contributed by atoms with Crippen molar-refractivity contribution in [3.8, 4) is 27.9 Å². The number of aliphatic carboxylic acids is 2. The standard InChI is InChI=1S/C44H26N4O12/c49-39(50)29-25-18-22-16-17-23(45-22)19-26-27(20-10-4-1-5-11-20)28(21-12-6-2-7-13-21)38(48(26)24-14-8-3-9-15-24)34(44(59)60)37-32(42(55)56)31(41(53)54)36(47-37)33(43(57)58)35(46-25)30(29)40(51)52/h1-19,46H,(H,49,50)(H,51,52)(H,53,54)(H,55,56)(H,57,58)(H,59,60). The monoisotopic (exact) mass is 802 g/mol. The Kier molecular flexibility index (Phi) is 9.20. The first-order valence-electron chi connectivity index (χ1n) is 17.7. The van der Waals surface area contributed by atoms with Gasteiger partial charge < -0.3 is 40.2 Å². The van der Waals surface area contributed by atoms with Crippen molar-refractivity contribution in [1.82, 2.24) is 19.5 Å². The van der Waals surface area contributed by atoms with Crippen molar-refractivity contribution in [3.05, 3.63) is 148 Å². The summed E-state index contributed by atoms with van der Waals surface area (Å²) in [4.78, 5) is 90.6. The molecule has 8 bridgehead atoms. The average molecular weight is 803 g/mol. The van der Waals surface area contributed by atoms with Gasteiger partial charge in [-0.2, -0.15) is 0 Å². The summed E-state index contributed by atoms with van der Waals surface area (Å²) in [5.74, 6) is -11.7. The van der Waals surface area contributed by atoms with E-state index in [1.165, 1.54) is 10.6 Å². The van der Waals surface area contributed by atoms with Crippen LogP contribution in [0.3, 0.4) is 0 Å². The molecule has 0 amide bonds. The van der Waals surface area contributed by atoms with Crippen LogP contribution in [0.5, 0.6) is 0 Å². The summed E-state index contributed by atoms with van der Waals surface area (Å²) in [6, 6.07) is 28.5. The second-order valence-electron chi connectivity index (χ2n) is 13.3. The maximum absolute atomic E-state index is 14.0. The Labute approximate surface area is 335 Å². The van der Waals surface area contributed by atoms with E-state index in [0.29, 0.717) is 27.9 Å². The largest absolute Gasteiger partial charge is 0.478 e. The number of aromatic nitrogens is 4. The molecule has 0 saturated carbocycles. The number of aromatic carboxylic acids is 4. The second kappa shape index (κ2) is 14.5. The van der Waals surface area contributed by atoms with Crippen molar-refractivity contribution in [2.45, 2.75) is 0 Å². The number of carbonyl (C=O) groups is 6. The quantitative estimate of drug-likeness (QED) is 0.0764. The maximum Gasteiger partial charge on any atom is 0.340 e. The minimum Gasteiger partial charge on any atom is -0.478 e. The molecule has 2 aliphatic rings. The number of aromatic amines is 1. The third-order valence-corrected chi connectivity index (χ3v) is 9.83. The fraction of sp³-hybridized carbons (Fsp3) is 0. The topological polar surface area (TPSA) is 270 Å². The van der Waals surface area contributed by atoms with E-state index in [4.69, 9.17) is 0 Å². The van der Waals surface area contributed by atoms with Crippen LogP contribution in [0.4, 0.5) is 0 Å². The van der Waals surface area contributed by atoms with Gasteiger partial charge in [-0.1, -0.05) is 78.9 Å². The highest BCUT2D eigenvalue weighted by atomic mass is 16.4. The number of rotatable bonds is 9. The summed E-state index contributed by atoms with van der Waals surface area (Å²) in [5, 5.41) is 64.1. The van der Waals surface area contributed by atoms with E-state index in [-0.39, 0.29) is 22.5 Å². The first kappa shape index (κ1) is 38.0. The normalized spacial score (nSPS) is 12.0. The van der Waals surface area contributed by atoms with Crippen molar-refractivity contribution in [2.24, 2.45) is 0 Å². The molecular weight excluding hydrogens is 777 g/mol. The lowest BCUT2D eigenvalue weighted by atomic mass is 9.93. The number of carboxylic acid groups (broad SMARTS) is 6. The number of hydrogen-bond acceptors (Lipinski definition) is 8. The van der Waals surface area contributed by atoms with Gasteiger partial charge in [-0.25, -0.2) is 38.7 Å². The Morgan fingerprint density at radius 2 is 0.950 bits per heavy atom. The van der Waals surface area contributed by atoms with E-state index in [0.717, 1.165) is 6.07 Å². The van der Waals surface area contributed by atoms with E-state index < -0.39 is 91.6 Å². The van der Waals surface area contributed by atoms with E-state index >= 15 is 0 Å². The van der Waals surface area contributed by atoms with Gasteiger partial charge in [-0.3, -0.25) is 0 Å². The highest BCUT2D eigenvalue weighted by molar-refractivity contribution is 6.39. The maximum atomic E-state index is 14.0. The van der Waals surface area contributed by atoms with Crippen LogP contribution in [0.25, 0.3) is 73.3 Å². The SMILES string of the molecule is O=C(O)C1=C(C(=O)O)c2nc1c(C(=O)O)c1[nH]c(cc3nc(cc4c(-c5ccccc5)c(-c5ccccc5)c(c2C(=O)O)n4-c2ccccc2)C=C3)c(C(=O)O)c1C(=O)O.